The van der Waals surface area contributed by atoms with Crippen LogP contribution in [0.2, 0.25) is 0 Å². The molecule has 0 amide bonds. The van der Waals surface area contributed by atoms with Crippen molar-refractivity contribution in [3.8, 4) is 0 Å². The molecule has 0 spiro atoms. The number of rotatable bonds is 5. The van der Waals surface area contributed by atoms with E-state index in [1.165, 1.54) is 0 Å². The van der Waals surface area contributed by atoms with Crippen molar-refractivity contribution in [2.24, 2.45) is 0 Å². The van der Waals surface area contributed by atoms with Crippen molar-refractivity contribution in [2.75, 3.05) is 0 Å². The van der Waals surface area contributed by atoms with E-state index in [1.807, 2.05) is 0 Å². The zero-order valence-electron chi connectivity index (χ0n) is 5.58. The predicted octanol–water partition coefficient (Wildman–Crippen LogP) is -0.222. The summed E-state index contributed by atoms with van der Waals surface area (Å²) in [6, 6.07) is -1.42. The molecule has 0 radical (unpaired) electrons. The first-order chi connectivity index (χ1) is 5.07. The van der Waals surface area contributed by atoms with E-state index in [0.717, 1.165) is 5.54 Å². The molecule has 0 unspecified atom stereocenters. The summed E-state index contributed by atoms with van der Waals surface area (Å²) in [4.78, 5) is 19.9. The van der Waals surface area contributed by atoms with E-state index in [-0.39, 0.29) is 12.8 Å². The first-order valence-electron chi connectivity index (χ1n) is 2.88. The highest BCUT2D eigenvalue weighted by Crippen LogP contribution is 1.97. The Morgan fingerprint density at radius 3 is 2.27 bits per heavy atom. The fraction of sp³-hybridized carbons (Fsp3) is 0.600. The molecule has 1 atom stereocenters. The Morgan fingerprint density at radius 2 is 2.00 bits per heavy atom. The maximum absolute atomic E-state index is 11.5. The van der Waals surface area contributed by atoms with Crippen LogP contribution >= 0.6 is 0 Å². The minimum absolute atomic E-state index is 0.263. The molecule has 6 heteroatoms. The van der Waals surface area contributed by atoms with Crippen molar-refractivity contribution < 1.29 is 24.3 Å². The molecule has 5 nitrogen and oxygen atoms in total. The van der Waals surface area contributed by atoms with Gasteiger partial charge in [0.2, 0.25) is 0 Å². The van der Waals surface area contributed by atoms with Gasteiger partial charge in [-0.15, -0.1) is 10.0 Å². The second-order valence-corrected chi connectivity index (χ2v) is 1.93. The van der Waals surface area contributed by atoms with Crippen LogP contribution in [0, 0.1) is 0 Å². The number of hydrogen-bond donors (Lipinski definition) is 3. The second-order valence-electron chi connectivity index (χ2n) is 1.93. The molecule has 0 aliphatic heterocycles. The fourth-order valence-electron chi connectivity index (χ4n) is 0.493. The van der Waals surface area contributed by atoms with Crippen molar-refractivity contribution in [3.05, 3.63) is 0 Å². The lowest BCUT2D eigenvalue weighted by molar-refractivity contribution is -0.142. The molecule has 3 N–H and O–H groups in total. The van der Waals surface area contributed by atoms with Gasteiger partial charge in [-0.3, -0.25) is 9.59 Å². The molecular formula is C5H8FNO4. The molecule has 64 valence electrons. The SMILES string of the molecule is O=C(O)CC[C@H](N[18F])C(=O)O. The monoisotopic (exact) mass is 164 g/mol. The summed E-state index contributed by atoms with van der Waals surface area (Å²) in [6.45, 7) is 0. The summed E-state index contributed by atoms with van der Waals surface area (Å²) >= 11 is 0. The summed E-state index contributed by atoms with van der Waals surface area (Å²) in [5.74, 6) is -2.54. The lowest BCUT2D eigenvalue weighted by atomic mass is 10.2. The largest absolute Gasteiger partial charge is 0.481 e. The highest BCUT2D eigenvalue weighted by Gasteiger charge is 2.17. The lowest BCUT2D eigenvalue weighted by Crippen LogP contribution is -2.31. The fourth-order valence-corrected chi connectivity index (χ4v) is 0.493. The Balaban J connectivity index is 3.70. The van der Waals surface area contributed by atoms with Crippen molar-refractivity contribution >= 4 is 11.9 Å². The molecule has 0 rings (SSSR count). The number of nitrogens with one attached hydrogen (secondary N) is 1. The molecule has 0 fully saturated rings. The first kappa shape index (κ1) is 9.83. The normalized spacial score (nSPS) is 12.5. The van der Waals surface area contributed by atoms with E-state index in [4.69, 9.17) is 10.2 Å². The maximum atomic E-state index is 11.5. The molecule has 0 bridgehead atoms. The van der Waals surface area contributed by atoms with Crippen LogP contribution in [0.4, 0.5) is 4.48 Å². The zero-order valence-corrected chi connectivity index (χ0v) is 5.58. The highest BCUT2D eigenvalue weighted by atomic mass is 18.2. The minimum atomic E-state index is -1.42. The number of halogens is 1. The summed E-state index contributed by atoms with van der Waals surface area (Å²) in [7, 11) is 0. The van der Waals surface area contributed by atoms with Crippen LogP contribution in [0.15, 0.2) is 0 Å². The van der Waals surface area contributed by atoms with Crippen LogP contribution in [-0.4, -0.2) is 28.2 Å². The molecule has 0 saturated heterocycles. The molecule has 0 aliphatic carbocycles. The number of carboxylic acid groups (broad SMARTS) is 2. The third kappa shape index (κ3) is 4.26. The van der Waals surface area contributed by atoms with Crippen LogP contribution < -0.4 is 5.54 Å². The van der Waals surface area contributed by atoms with Gasteiger partial charge in [0.1, 0.15) is 6.04 Å². The summed E-state index contributed by atoms with van der Waals surface area (Å²) in [6.07, 6.45) is -0.630. The number of carboxylic acids is 2. The minimum Gasteiger partial charge on any atom is -0.481 e. The van der Waals surface area contributed by atoms with Crippen molar-refractivity contribution in [1.82, 2.24) is 5.54 Å². The molecule has 0 saturated carbocycles. The second kappa shape index (κ2) is 4.62. The lowest BCUT2D eigenvalue weighted by Gasteiger charge is -2.04. The summed E-state index contributed by atoms with van der Waals surface area (Å²) < 4.78 is 11.5. The first-order valence-corrected chi connectivity index (χ1v) is 2.88. The average molecular weight is 164 g/mol. The molecule has 0 aromatic carbocycles. The van der Waals surface area contributed by atoms with Crippen molar-refractivity contribution in [3.63, 3.8) is 0 Å². The Bertz CT molecular complexity index is 161. The highest BCUT2D eigenvalue weighted by molar-refractivity contribution is 5.74. The smallest absolute Gasteiger partial charge is 0.323 e. The molecule has 0 aliphatic rings. The zero-order chi connectivity index (χ0) is 8.85. The van der Waals surface area contributed by atoms with Gasteiger partial charge in [-0.05, 0) is 6.42 Å². The quantitative estimate of drug-likeness (QED) is 0.489. The van der Waals surface area contributed by atoms with Crippen LogP contribution in [0.25, 0.3) is 0 Å². The van der Waals surface area contributed by atoms with Gasteiger partial charge in [0.05, 0.1) is 0 Å². The third-order valence-corrected chi connectivity index (χ3v) is 1.08. The molecule has 0 heterocycles. The number of carbonyl (C=O) groups is 2. The van der Waals surface area contributed by atoms with Gasteiger partial charge in [-0.25, -0.2) is 0 Å². The van der Waals surface area contributed by atoms with Crippen molar-refractivity contribution in [1.29, 1.82) is 0 Å². The standard InChI is InChI=1S/C5H8FNO4/c6-7-3(5(10)11)1-2-4(8)9/h3,7H,1-2H2,(H,8,9)(H,10,11)/t3-/m0/s1/i6-1. The van der Waals surface area contributed by atoms with Gasteiger partial charge >= 0.3 is 11.9 Å². The van der Waals surface area contributed by atoms with E-state index in [1.54, 1.807) is 0 Å². The Morgan fingerprint density at radius 1 is 1.45 bits per heavy atom. The van der Waals surface area contributed by atoms with Gasteiger partial charge < -0.3 is 10.2 Å². The molecule has 0 aromatic rings. The molecule has 11 heavy (non-hydrogen) atoms. The van der Waals surface area contributed by atoms with E-state index in [0.29, 0.717) is 0 Å². The van der Waals surface area contributed by atoms with E-state index in [9.17, 15) is 14.1 Å². The number of aliphatic carboxylic acids is 2. The van der Waals surface area contributed by atoms with Crippen LogP contribution in [0.3, 0.4) is 0 Å². The Kier molecular flexibility index (Phi) is 4.12. The van der Waals surface area contributed by atoms with Gasteiger partial charge in [0.15, 0.2) is 0 Å². The van der Waals surface area contributed by atoms with Crippen molar-refractivity contribution in [2.45, 2.75) is 18.9 Å². The molecular weight excluding hydrogens is 156 g/mol. The summed E-state index contributed by atoms with van der Waals surface area (Å²) in [5, 5.41) is 16.3. The van der Waals surface area contributed by atoms with Crippen LogP contribution in [0.1, 0.15) is 12.8 Å². The molecule has 0 aromatic heterocycles. The predicted molar refractivity (Wildman–Crippen MR) is 32.5 cm³/mol. The van der Waals surface area contributed by atoms with Gasteiger partial charge in [0, 0.05) is 6.42 Å². The Hall–Kier alpha value is -1.17. The topological polar surface area (TPSA) is 86.6 Å². The maximum Gasteiger partial charge on any atom is 0.323 e. The van der Waals surface area contributed by atoms with Crippen LogP contribution in [-0.2, 0) is 9.59 Å². The van der Waals surface area contributed by atoms with E-state index >= 15 is 0 Å². The van der Waals surface area contributed by atoms with Gasteiger partial charge in [0.25, 0.3) is 0 Å². The average Bonchev–Trinajstić information content (AvgIpc) is 1.87. The van der Waals surface area contributed by atoms with E-state index < -0.39 is 18.0 Å². The van der Waals surface area contributed by atoms with Gasteiger partial charge in [-0.1, -0.05) is 0 Å². The van der Waals surface area contributed by atoms with Crippen LogP contribution in [0.5, 0.6) is 0 Å². The summed E-state index contributed by atoms with van der Waals surface area (Å²) in [5.41, 5.74) is 0.994. The number of hydrogen-bond acceptors (Lipinski definition) is 3. The van der Waals surface area contributed by atoms with E-state index in [2.05, 4.69) is 0 Å². The Labute approximate surface area is 61.8 Å². The van der Waals surface area contributed by atoms with Gasteiger partial charge in [-0.2, -0.15) is 0 Å². The third-order valence-electron chi connectivity index (χ3n) is 1.08.